The van der Waals surface area contributed by atoms with Gasteiger partial charge in [-0.2, -0.15) is 0 Å². The minimum Gasteiger partial charge on any atom is -0.534 e. The number of rotatable bonds is 1. The van der Waals surface area contributed by atoms with E-state index in [4.69, 9.17) is 4.43 Å². The van der Waals surface area contributed by atoms with Crippen LogP contribution in [0, 0.1) is 0 Å². The highest BCUT2D eigenvalue weighted by Gasteiger charge is 2.55. The van der Waals surface area contributed by atoms with Gasteiger partial charge in [-0.1, -0.05) is 99.6 Å². The van der Waals surface area contributed by atoms with Crippen LogP contribution >= 0.6 is 0 Å². The van der Waals surface area contributed by atoms with Crippen molar-refractivity contribution in [3.8, 4) is 16.9 Å². The Bertz CT molecular complexity index is 1170. The predicted molar refractivity (Wildman–Crippen MR) is 121 cm³/mol. The zero-order chi connectivity index (χ0) is 19.4. The highest BCUT2D eigenvalue weighted by Crippen LogP contribution is 2.46. The third-order valence-electron chi connectivity index (χ3n) is 5.94. The molecule has 5 rings (SSSR count). The Morgan fingerprint density at radius 2 is 1.25 bits per heavy atom. The van der Waals surface area contributed by atoms with Gasteiger partial charge in [-0.05, 0) is 43.9 Å². The summed E-state index contributed by atoms with van der Waals surface area (Å²) in [6, 6.07) is 32.8. The molecule has 0 saturated carbocycles. The molecule has 1 heterocycles. The van der Waals surface area contributed by atoms with Crippen LogP contribution in [-0.4, -0.2) is 8.32 Å². The molecular formula is C26H24OSi. The Labute approximate surface area is 167 Å². The molecule has 0 radical (unpaired) electrons. The maximum Gasteiger partial charge on any atom is 0.320 e. The summed E-state index contributed by atoms with van der Waals surface area (Å²) in [6.07, 6.45) is 0. The molecule has 0 aromatic heterocycles. The zero-order valence-electron chi connectivity index (χ0n) is 16.6. The summed E-state index contributed by atoms with van der Waals surface area (Å²) in [4.78, 5) is 0. The third kappa shape index (κ3) is 2.38. The Balaban J connectivity index is 1.88. The van der Waals surface area contributed by atoms with Gasteiger partial charge in [-0.15, -0.1) is 0 Å². The molecule has 2 heteroatoms. The Morgan fingerprint density at radius 3 is 1.96 bits per heavy atom. The van der Waals surface area contributed by atoms with Gasteiger partial charge in [0.05, 0.1) is 0 Å². The molecule has 0 amide bonds. The van der Waals surface area contributed by atoms with Crippen molar-refractivity contribution in [1.82, 2.24) is 0 Å². The largest absolute Gasteiger partial charge is 0.534 e. The van der Waals surface area contributed by atoms with Crippen molar-refractivity contribution in [3.05, 3.63) is 91.0 Å². The lowest BCUT2D eigenvalue weighted by atomic mass is 10.00. The molecule has 4 aromatic rings. The maximum absolute atomic E-state index is 7.14. The smallest absolute Gasteiger partial charge is 0.320 e. The van der Waals surface area contributed by atoms with E-state index in [1.807, 2.05) is 0 Å². The van der Waals surface area contributed by atoms with Crippen LogP contribution < -0.4 is 14.8 Å². The summed E-state index contributed by atoms with van der Waals surface area (Å²) in [6.45, 7) is 6.99. The molecule has 28 heavy (non-hydrogen) atoms. The van der Waals surface area contributed by atoms with E-state index in [0.717, 1.165) is 5.75 Å². The molecular weight excluding hydrogens is 356 g/mol. The Kier molecular flexibility index (Phi) is 3.75. The maximum atomic E-state index is 7.14. The molecule has 0 spiro atoms. The second kappa shape index (κ2) is 6.08. The molecule has 0 fully saturated rings. The van der Waals surface area contributed by atoms with E-state index >= 15 is 0 Å². The third-order valence-corrected chi connectivity index (χ3v) is 10.9. The van der Waals surface area contributed by atoms with E-state index in [1.54, 1.807) is 0 Å². The number of benzene rings is 4. The van der Waals surface area contributed by atoms with Gasteiger partial charge in [0.15, 0.2) is 0 Å². The standard InChI is InChI=1S/C26H24OSi/c1-26(2,3)28(21-13-5-4-6-14-21)25-16-10-9-15-22(25)23-17-19-11-7-8-12-20(19)18-24(23)27-28/h4-18H,1-3H3/t28-/m1/s1. The van der Waals surface area contributed by atoms with Crippen molar-refractivity contribution >= 4 is 29.5 Å². The molecule has 0 aliphatic carbocycles. The van der Waals surface area contributed by atoms with Crippen molar-refractivity contribution in [2.45, 2.75) is 25.8 Å². The molecule has 0 bridgehead atoms. The summed E-state index contributed by atoms with van der Waals surface area (Å²) in [5.74, 6) is 1.02. The van der Waals surface area contributed by atoms with E-state index in [9.17, 15) is 0 Å². The van der Waals surface area contributed by atoms with Crippen LogP contribution in [0.2, 0.25) is 5.04 Å². The quantitative estimate of drug-likeness (QED) is 0.382. The van der Waals surface area contributed by atoms with E-state index < -0.39 is 8.32 Å². The molecule has 4 aromatic carbocycles. The fourth-order valence-corrected chi connectivity index (χ4v) is 9.24. The summed E-state index contributed by atoms with van der Waals surface area (Å²) in [7, 11) is -2.52. The van der Waals surface area contributed by atoms with Crippen molar-refractivity contribution in [1.29, 1.82) is 0 Å². The first-order valence-corrected chi connectivity index (χ1v) is 11.8. The first-order chi connectivity index (χ1) is 13.5. The first-order valence-electron chi connectivity index (χ1n) is 9.88. The monoisotopic (exact) mass is 380 g/mol. The molecule has 1 aliphatic rings. The second-order valence-electron chi connectivity index (χ2n) is 8.64. The van der Waals surface area contributed by atoms with Crippen LogP contribution in [0.5, 0.6) is 5.75 Å². The average Bonchev–Trinajstić information content (AvgIpc) is 2.71. The predicted octanol–water partition coefficient (Wildman–Crippen LogP) is 5.76. The summed E-state index contributed by atoms with van der Waals surface area (Å²) in [5.41, 5.74) is 2.53. The highest BCUT2D eigenvalue weighted by atomic mass is 28.4. The van der Waals surface area contributed by atoms with E-state index in [-0.39, 0.29) is 5.04 Å². The van der Waals surface area contributed by atoms with Gasteiger partial charge in [-0.25, -0.2) is 0 Å². The lowest BCUT2D eigenvalue weighted by Gasteiger charge is -2.46. The lowest BCUT2D eigenvalue weighted by Crippen LogP contribution is -2.70. The molecule has 0 N–H and O–H groups in total. The Hall–Kier alpha value is -2.84. The van der Waals surface area contributed by atoms with Crippen LogP contribution in [0.15, 0.2) is 91.0 Å². The van der Waals surface area contributed by atoms with Gasteiger partial charge in [0, 0.05) is 5.56 Å². The van der Waals surface area contributed by atoms with Crippen molar-refractivity contribution in [3.63, 3.8) is 0 Å². The van der Waals surface area contributed by atoms with Gasteiger partial charge in [0.25, 0.3) is 0 Å². The van der Waals surface area contributed by atoms with Crippen LogP contribution in [0.3, 0.4) is 0 Å². The normalized spacial score (nSPS) is 18.2. The first kappa shape index (κ1) is 17.3. The minimum atomic E-state index is -2.52. The van der Waals surface area contributed by atoms with Gasteiger partial charge < -0.3 is 4.43 Å². The molecule has 1 nitrogen and oxygen atoms in total. The summed E-state index contributed by atoms with van der Waals surface area (Å²) < 4.78 is 7.14. The molecule has 138 valence electrons. The van der Waals surface area contributed by atoms with Gasteiger partial charge in [0.1, 0.15) is 5.75 Å². The summed E-state index contributed by atoms with van der Waals surface area (Å²) >= 11 is 0. The minimum absolute atomic E-state index is 0.00616. The fourth-order valence-electron chi connectivity index (χ4n) is 4.64. The van der Waals surface area contributed by atoms with E-state index in [1.165, 1.54) is 32.3 Å². The zero-order valence-corrected chi connectivity index (χ0v) is 17.6. The number of hydrogen-bond donors (Lipinski definition) is 0. The molecule has 1 aliphatic heterocycles. The Morgan fingerprint density at radius 1 is 0.643 bits per heavy atom. The number of hydrogen-bond acceptors (Lipinski definition) is 1. The lowest BCUT2D eigenvalue weighted by molar-refractivity contribution is 0.507. The van der Waals surface area contributed by atoms with Crippen LogP contribution in [0.4, 0.5) is 0 Å². The van der Waals surface area contributed by atoms with Crippen molar-refractivity contribution in [2.75, 3.05) is 0 Å². The van der Waals surface area contributed by atoms with Crippen LogP contribution in [0.25, 0.3) is 21.9 Å². The second-order valence-corrected chi connectivity index (χ2v) is 12.8. The van der Waals surface area contributed by atoms with Gasteiger partial charge >= 0.3 is 8.32 Å². The highest BCUT2D eigenvalue weighted by molar-refractivity contribution is 7.01. The van der Waals surface area contributed by atoms with Crippen LogP contribution in [0.1, 0.15) is 20.8 Å². The van der Waals surface area contributed by atoms with Crippen molar-refractivity contribution < 1.29 is 4.43 Å². The van der Waals surface area contributed by atoms with Crippen molar-refractivity contribution in [2.24, 2.45) is 0 Å². The van der Waals surface area contributed by atoms with Crippen LogP contribution in [-0.2, 0) is 0 Å². The van der Waals surface area contributed by atoms with Gasteiger partial charge in [0.2, 0.25) is 0 Å². The fraction of sp³-hybridized carbons (Fsp3) is 0.154. The van der Waals surface area contributed by atoms with Gasteiger partial charge in [-0.3, -0.25) is 0 Å². The molecule has 1 atom stereocenters. The molecule has 0 saturated heterocycles. The topological polar surface area (TPSA) is 9.23 Å². The average molecular weight is 381 g/mol. The molecule has 0 unspecified atom stereocenters. The number of fused-ring (bicyclic) bond motifs is 4. The van der Waals surface area contributed by atoms with E-state index in [0.29, 0.717) is 0 Å². The summed E-state index contributed by atoms with van der Waals surface area (Å²) in [5, 5.41) is 5.17. The SMILES string of the molecule is CC(C)(C)[Si@]1(c2ccccc2)Oc2cc3ccccc3cc2-c2ccccc21. The van der Waals surface area contributed by atoms with E-state index in [2.05, 4.69) is 112 Å².